The summed E-state index contributed by atoms with van der Waals surface area (Å²) in [6, 6.07) is 3.92. The van der Waals surface area contributed by atoms with Gasteiger partial charge in [0, 0.05) is 14.1 Å². The molecule has 2 aromatic rings. The van der Waals surface area contributed by atoms with Gasteiger partial charge < -0.3 is 4.90 Å². The quantitative estimate of drug-likeness (QED) is 0.579. The van der Waals surface area contributed by atoms with E-state index < -0.39 is 8.07 Å². The standard InChI is InChI=1S/C13H18N4Si/c1-16(2)13-7-6-12-14-10-11(17(12)15-13)8-9-18(3,4)5/h6-7,10H,1-5H3. The van der Waals surface area contributed by atoms with Gasteiger partial charge in [0.05, 0.1) is 6.20 Å². The number of aromatic nitrogens is 3. The Kier molecular flexibility index (Phi) is 3.14. The molecular weight excluding hydrogens is 240 g/mol. The molecule has 2 heterocycles. The number of anilines is 1. The predicted octanol–water partition coefficient (Wildman–Crippen LogP) is 2.02. The molecule has 0 bridgehead atoms. The van der Waals surface area contributed by atoms with Crippen LogP contribution in [0.25, 0.3) is 5.65 Å². The predicted molar refractivity (Wildman–Crippen MR) is 77.5 cm³/mol. The maximum atomic E-state index is 4.53. The van der Waals surface area contributed by atoms with Gasteiger partial charge in [-0.1, -0.05) is 25.6 Å². The van der Waals surface area contributed by atoms with Crippen molar-refractivity contribution in [3.8, 4) is 11.5 Å². The molecule has 94 valence electrons. The van der Waals surface area contributed by atoms with E-state index in [2.05, 4.69) is 41.2 Å². The number of fused-ring (bicyclic) bond motifs is 1. The molecule has 0 saturated carbocycles. The molecule has 0 aliphatic heterocycles. The summed E-state index contributed by atoms with van der Waals surface area (Å²) in [6.07, 6.45) is 1.79. The zero-order valence-electron chi connectivity index (χ0n) is 11.5. The van der Waals surface area contributed by atoms with Gasteiger partial charge in [-0.3, -0.25) is 0 Å². The summed E-state index contributed by atoms with van der Waals surface area (Å²) in [5.74, 6) is 4.10. The van der Waals surface area contributed by atoms with E-state index in [1.165, 1.54) is 0 Å². The van der Waals surface area contributed by atoms with Gasteiger partial charge >= 0.3 is 0 Å². The van der Waals surface area contributed by atoms with Crippen LogP contribution < -0.4 is 4.90 Å². The van der Waals surface area contributed by atoms with Crippen LogP contribution >= 0.6 is 0 Å². The first kappa shape index (κ1) is 12.6. The molecular formula is C13H18N4Si. The molecule has 0 unspecified atom stereocenters. The van der Waals surface area contributed by atoms with Crippen molar-refractivity contribution in [2.24, 2.45) is 0 Å². The molecule has 0 aromatic carbocycles. The van der Waals surface area contributed by atoms with Crippen LogP contribution in [0.4, 0.5) is 5.82 Å². The number of hydrogen-bond donors (Lipinski definition) is 0. The summed E-state index contributed by atoms with van der Waals surface area (Å²) in [4.78, 5) is 6.28. The first-order valence-corrected chi connectivity index (χ1v) is 9.42. The van der Waals surface area contributed by atoms with Gasteiger partial charge in [-0.15, -0.1) is 10.6 Å². The molecule has 5 heteroatoms. The zero-order valence-corrected chi connectivity index (χ0v) is 12.5. The molecule has 0 atom stereocenters. The molecule has 0 spiro atoms. The SMILES string of the molecule is CN(C)c1ccc2ncc(C#C[Si](C)(C)C)n2n1. The van der Waals surface area contributed by atoms with Gasteiger partial charge in [0.2, 0.25) is 0 Å². The van der Waals surface area contributed by atoms with E-state index in [4.69, 9.17) is 0 Å². The largest absolute Gasteiger partial charge is 0.361 e. The molecule has 2 aromatic heterocycles. The minimum Gasteiger partial charge on any atom is -0.361 e. The molecule has 4 nitrogen and oxygen atoms in total. The highest BCUT2D eigenvalue weighted by molar-refractivity contribution is 6.83. The van der Waals surface area contributed by atoms with Crippen LogP contribution in [0.15, 0.2) is 18.3 Å². The van der Waals surface area contributed by atoms with E-state index in [1.54, 1.807) is 6.20 Å². The van der Waals surface area contributed by atoms with Crippen LogP contribution in [0.2, 0.25) is 19.6 Å². The first-order chi connectivity index (χ1) is 8.37. The second kappa shape index (κ2) is 4.46. The molecule has 0 N–H and O–H groups in total. The molecule has 2 rings (SSSR count). The Morgan fingerprint density at radius 2 is 1.94 bits per heavy atom. The van der Waals surface area contributed by atoms with Crippen LogP contribution in [0.1, 0.15) is 5.69 Å². The Balaban J connectivity index is 2.51. The van der Waals surface area contributed by atoms with Gasteiger partial charge in [-0.05, 0) is 12.1 Å². The minimum absolute atomic E-state index is 0.834. The zero-order chi connectivity index (χ0) is 13.3. The van der Waals surface area contributed by atoms with Crippen molar-refractivity contribution in [2.75, 3.05) is 19.0 Å². The fraction of sp³-hybridized carbons (Fsp3) is 0.385. The second-order valence-electron chi connectivity index (χ2n) is 5.50. The lowest BCUT2D eigenvalue weighted by Crippen LogP contribution is -2.16. The topological polar surface area (TPSA) is 33.4 Å². The number of nitrogens with zero attached hydrogens (tertiary/aromatic N) is 4. The highest BCUT2D eigenvalue weighted by Crippen LogP contribution is 2.10. The van der Waals surface area contributed by atoms with Crippen molar-refractivity contribution in [1.29, 1.82) is 0 Å². The summed E-state index contributed by atoms with van der Waals surface area (Å²) in [5, 5.41) is 4.53. The Morgan fingerprint density at radius 1 is 1.22 bits per heavy atom. The lowest BCUT2D eigenvalue weighted by molar-refractivity contribution is 0.892. The highest BCUT2D eigenvalue weighted by atomic mass is 28.3. The highest BCUT2D eigenvalue weighted by Gasteiger charge is 2.09. The Bertz CT molecular complexity index is 626. The molecule has 0 fully saturated rings. The minimum atomic E-state index is -1.38. The molecule has 18 heavy (non-hydrogen) atoms. The van der Waals surface area contributed by atoms with Crippen LogP contribution in [0.3, 0.4) is 0 Å². The van der Waals surface area contributed by atoms with Crippen molar-refractivity contribution < 1.29 is 0 Å². The van der Waals surface area contributed by atoms with Crippen molar-refractivity contribution >= 4 is 19.5 Å². The van der Waals surface area contributed by atoms with Gasteiger partial charge in [0.15, 0.2) is 5.65 Å². The Labute approximate surface area is 109 Å². The van der Waals surface area contributed by atoms with Gasteiger partial charge in [0.1, 0.15) is 19.6 Å². The third-order valence-corrected chi connectivity index (χ3v) is 3.25. The fourth-order valence-electron chi connectivity index (χ4n) is 1.44. The van der Waals surface area contributed by atoms with E-state index in [0.717, 1.165) is 17.2 Å². The van der Waals surface area contributed by atoms with Crippen LogP contribution in [-0.2, 0) is 0 Å². The van der Waals surface area contributed by atoms with Gasteiger partial charge in [-0.25, -0.2) is 9.50 Å². The molecule has 0 amide bonds. The Hall–Kier alpha value is -1.80. The average molecular weight is 258 g/mol. The summed E-state index contributed by atoms with van der Waals surface area (Å²) >= 11 is 0. The van der Waals surface area contributed by atoms with E-state index in [0.29, 0.717) is 0 Å². The lowest BCUT2D eigenvalue weighted by atomic mass is 10.5. The van der Waals surface area contributed by atoms with E-state index >= 15 is 0 Å². The summed E-state index contributed by atoms with van der Waals surface area (Å²) in [6.45, 7) is 6.67. The third-order valence-electron chi connectivity index (χ3n) is 2.37. The van der Waals surface area contributed by atoms with Gasteiger partial charge in [0.25, 0.3) is 0 Å². The van der Waals surface area contributed by atoms with E-state index in [9.17, 15) is 0 Å². The monoisotopic (exact) mass is 258 g/mol. The van der Waals surface area contributed by atoms with Crippen molar-refractivity contribution in [2.45, 2.75) is 19.6 Å². The molecule has 0 saturated heterocycles. The third kappa shape index (κ3) is 2.71. The molecule has 0 radical (unpaired) electrons. The van der Waals surface area contributed by atoms with Crippen LogP contribution in [0.5, 0.6) is 0 Å². The van der Waals surface area contributed by atoms with E-state index in [1.807, 2.05) is 35.6 Å². The summed E-state index contributed by atoms with van der Waals surface area (Å²) in [7, 11) is 2.56. The normalized spacial score (nSPS) is 11.2. The Morgan fingerprint density at radius 3 is 2.56 bits per heavy atom. The van der Waals surface area contributed by atoms with Crippen LogP contribution in [-0.4, -0.2) is 36.8 Å². The smallest absolute Gasteiger partial charge is 0.155 e. The van der Waals surface area contributed by atoms with Crippen LogP contribution in [0, 0.1) is 11.5 Å². The molecule has 0 aliphatic rings. The maximum absolute atomic E-state index is 4.53. The second-order valence-corrected chi connectivity index (χ2v) is 10.2. The lowest BCUT2D eigenvalue weighted by Gasteiger charge is -2.10. The average Bonchev–Trinajstić information content (AvgIpc) is 2.67. The number of hydrogen-bond acceptors (Lipinski definition) is 3. The van der Waals surface area contributed by atoms with E-state index in [-0.39, 0.29) is 0 Å². The van der Waals surface area contributed by atoms with Crippen molar-refractivity contribution in [1.82, 2.24) is 14.6 Å². The van der Waals surface area contributed by atoms with Gasteiger partial charge in [-0.2, -0.15) is 0 Å². The fourth-order valence-corrected chi connectivity index (χ4v) is 1.94. The first-order valence-electron chi connectivity index (χ1n) is 5.92. The van der Waals surface area contributed by atoms with Crippen molar-refractivity contribution in [3.63, 3.8) is 0 Å². The summed E-state index contributed by atoms with van der Waals surface area (Å²) < 4.78 is 1.81. The summed E-state index contributed by atoms with van der Waals surface area (Å²) in [5.41, 5.74) is 5.03. The number of imidazole rings is 1. The van der Waals surface area contributed by atoms with Crippen molar-refractivity contribution in [3.05, 3.63) is 24.0 Å². The maximum Gasteiger partial charge on any atom is 0.155 e. The molecule has 0 aliphatic carbocycles. The number of rotatable bonds is 1.